The molecule has 1 aliphatic rings. The van der Waals surface area contributed by atoms with Crippen molar-refractivity contribution in [3.05, 3.63) is 29.3 Å². The quantitative estimate of drug-likeness (QED) is 0.926. The van der Waals surface area contributed by atoms with Gasteiger partial charge in [0.1, 0.15) is 6.54 Å². The van der Waals surface area contributed by atoms with E-state index in [1.54, 1.807) is 29.2 Å². The fourth-order valence-corrected chi connectivity index (χ4v) is 2.31. The lowest BCUT2D eigenvalue weighted by atomic mass is 10.3. The first-order valence-corrected chi connectivity index (χ1v) is 6.49. The van der Waals surface area contributed by atoms with Gasteiger partial charge in [0.25, 0.3) is 0 Å². The highest BCUT2D eigenvalue weighted by molar-refractivity contribution is 6.30. The van der Waals surface area contributed by atoms with E-state index in [9.17, 15) is 9.59 Å². The van der Waals surface area contributed by atoms with Crippen molar-refractivity contribution in [2.75, 3.05) is 24.5 Å². The smallest absolute Gasteiger partial charge is 0.325 e. The van der Waals surface area contributed by atoms with E-state index in [4.69, 9.17) is 16.7 Å². The summed E-state index contributed by atoms with van der Waals surface area (Å²) in [6.45, 7) is 0.987. The summed E-state index contributed by atoms with van der Waals surface area (Å²) in [5.41, 5.74) is 0.506. The van der Waals surface area contributed by atoms with Gasteiger partial charge in [-0.25, -0.2) is 4.79 Å². The fourth-order valence-electron chi connectivity index (χ4n) is 2.13. The molecule has 2 rings (SSSR count). The third kappa shape index (κ3) is 3.38. The lowest BCUT2D eigenvalue weighted by molar-refractivity contribution is -0.135. The lowest BCUT2D eigenvalue weighted by Gasteiger charge is -2.26. The van der Waals surface area contributed by atoms with Gasteiger partial charge in [-0.1, -0.05) is 17.7 Å². The summed E-state index contributed by atoms with van der Waals surface area (Å²) in [5.74, 6) is -1.05. The minimum atomic E-state index is -1.05. The number of carbonyl (C=O) groups excluding carboxylic acids is 1. The largest absolute Gasteiger partial charge is 0.480 e. The van der Waals surface area contributed by atoms with Gasteiger partial charge < -0.3 is 10.0 Å². The van der Waals surface area contributed by atoms with Crippen LogP contribution in [0.5, 0.6) is 0 Å². The predicted octanol–water partition coefficient (Wildman–Crippen LogP) is 2.45. The molecule has 6 heteroatoms. The number of urea groups is 1. The fraction of sp³-hybridized carbons (Fsp3) is 0.385. The number of likely N-dealkylation sites (tertiary alicyclic amines) is 1. The van der Waals surface area contributed by atoms with Crippen molar-refractivity contribution in [2.45, 2.75) is 12.8 Å². The number of hydrogen-bond donors (Lipinski definition) is 1. The molecule has 102 valence electrons. The molecule has 1 saturated heterocycles. The van der Waals surface area contributed by atoms with Crippen molar-refractivity contribution in [2.24, 2.45) is 0 Å². The number of anilines is 1. The first-order chi connectivity index (χ1) is 9.08. The predicted molar refractivity (Wildman–Crippen MR) is 72.6 cm³/mol. The SMILES string of the molecule is O=C(O)CN(C(=O)N1CCCC1)c1cccc(Cl)c1. The number of halogens is 1. The van der Waals surface area contributed by atoms with Crippen LogP contribution in [0.25, 0.3) is 0 Å². The van der Waals surface area contributed by atoms with E-state index < -0.39 is 5.97 Å². The number of rotatable bonds is 3. The summed E-state index contributed by atoms with van der Waals surface area (Å²) < 4.78 is 0. The Morgan fingerprint density at radius 2 is 2.00 bits per heavy atom. The Bertz CT molecular complexity index is 487. The second kappa shape index (κ2) is 5.93. The van der Waals surface area contributed by atoms with Crippen LogP contribution in [0.1, 0.15) is 12.8 Å². The minimum absolute atomic E-state index is 0.276. The van der Waals surface area contributed by atoms with Crippen molar-refractivity contribution in [1.29, 1.82) is 0 Å². The van der Waals surface area contributed by atoms with Gasteiger partial charge in [-0.05, 0) is 31.0 Å². The zero-order chi connectivity index (χ0) is 13.8. The molecular formula is C13H15ClN2O3. The van der Waals surface area contributed by atoms with E-state index in [2.05, 4.69) is 0 Å². The maximum atomic E-state index is 12.3. The van der Waals surface area contributed by atoms with Crippen LogP contribution < -0.4 is 4.90 Å². The average molecular weight is 283 g/mol. The Morgan fingerprint density at radius 1 is 1.32 bits per heavy atom. The van der Waals surface area contributed by atoms with E-state index in [1.165, 1.54) is 4.90 Å². The Balaban J connectivity index is 2.24. The Morgan fingerprint density at radius 3 is 2.58 bits per heavy atom. The molecule has 1 aromatic carbocycles. The van der Waals surface area contributed by atoms with Crippen LogP contribution >= 0.6 is 11.6 Å². The monoisotopic (exact) mass is 282 g/mol. The van der Waals surface area contributed by atoms with E-state index in [-0.39, 0.29) is 12.6 Å². The zero-order valence-electron chi connectivity index (χ0n) is 10.4. The lowest BCUT2D eigenvalue weighted by Crippen LogP contribution is -2.44. The number of amides is 2. The molecule has 5 nitrogen and oxygen atoms in total. The number of nitrogens with zero attached hydrogens (tertiary/aromatic N) is 2. The van der Waals surface area contributed by atoms with E-state index in [1.807, 2.05) is 0 Å². The van der Waals surface area contributed by atoms with Crippen molar-refractivity contribution < 1.29 is 14.7 Å². The molecule has 0 aliphatic carbocycles. The zero-order valence-corrected chi connectivity index (χ0v) is 11.1. The summed E-state index contributed by atoms with van der Waals surface area (Å²) in [6.07, 6.45) is 1.92. The number of aliphatic carboxylic acids is 1. The summed E-state index contributed by atoms with van der Waals surface area (Å²) in [6, 6.07) is 6.39. The molecule has 0 aromatic heterocycles. The van der Waals surface area contributed by atoms with E-state index in [0.717, 1.165) is 12.8 Å². The summed E-state index contributed by atoms with van der Waals surface area (Å²) in [4.78, 5) is 26.2. The van der Waals surface area contributed by atoms with Gasteiger partial charge >= 0.3 is 12.0 Å². The molecule has 1 N–H and O–H groups in total. The highest BCUT2D eigenvalue weighted by Crippen LogP contribution is 2.22. The summed E-state index contributed by atoms with van der Waals surface area (Å²) in [7, 11) is 0. The topological polar surface area (TPSA) is 60.9 Å². The van der Waals surface area contributed by atoms with Crippen LogP contribution in [0.15, 0.2) is 24.3 Å². The number of carbonyl (C=O) groups is 2. The normalized spacial score (nSPS) is 14.5. The summed E-state index contributed by atoms with van der Waals surface area (Å²) in [5, 5.41) is 9.44. The highest BCUT2D eigenvalue weighted by Gasteiger charge is 2.26. The molecule has 0 radical (unpaired) electrons. The number of carboxylic acids is 1. The van der Waals surface area contributed by atoms with Gasteiger partial charge in [-0.15, -0.1) is 0 Å². The van der Waals surface area contributed by atoms with E-state index in [0.29, 0.717) is 23.8 Å². The molecule has 1 fully saturated rings. The first-order valence-electron chi connectivity index (χ1n) is 6.12. The standard InChI is InChI=1S/C13H15ClN2O3/c14-10-4-3-5-11(8-10)16(9-12(17)18)13(19)15-6-1-2-7-15/h3-5,8H,1-2,6-7,9H2,(H,17,18). The van der Waals surface area contributed by atoms with Crippen molar-refractivity contribution in [1.82, 2.24) is 4.90 Å². The van der Waals surface area contributed by atoms with Crippen molar-refractivity contribution in [3.8, 4) is 0 Å². The molecule has 19 heavy (non-hydrogen) atoms. The molecule has 0 spiro atoms. The van der Waals surface area contributed by atoms with Gasteiger partial charge in [0.2, 0.25) is 0 Å². The van der Waals surface area contributed by atoms with Crippen molar-refractivity contribution >= 4 is 29.3 Å². The first kappa shape index (κ1) is 13.7. The van der Waals surface area contributed by atoms with Crippen LogP contribution in [0.3, 0.4) is 0 Å². The number of hydrogen-bond acceptors (Lipinski definition) is 2. The van der Waals surface area contributed by atoms with Gasteiger partial charge in [0.05, 0.1) is 0 Å². The Labute approximate surface area is 116 Å². The van der Waals surface area contributed by atoms with Gasteiger partial charge in [0, 0.05) is 23.8 Å². The van der Waals surface area contributed by atoms with Crippen LogP contribution in [0.2, 0.25) is 5.02 Å². The molecule has 0 bridgehead atoms. The van der Waals surface area contributed by atoms with Gasteiger partial charge in [-0.3, -0.25) is 9.69 Å². The molecule has 2 amide bonds. The van der Waals surface area contributed by atoms with Crippen LogP contribution in [0.4, 0.5) is 10.5 Å². The Kier molecular flexibility index (Phi) is 4.27. The maximum absolute atomic E-state index is 12.3. The molecule has 0 atom stereocenters. The molecular weight excluding hydrogens is 268 g/mol. The van der Waals surface area contributed by atoms with Crippen LogP contribution in [-0.2, 0) is 4.79 Å². The molecule has 0 saturated carbocycles. The second-order valence-corrected chi connectivity index (χ2v) is 4.87. The number of benzene rings is 1. The third-order valence-electron chi connectivity index (χ3n) is 3.02. The number of carboxylic acid groups (broad SMARTS) is 1. The van der Waals surface area contributed by atoms with Crippen LogP contribution in [0, 0.1) is 0 Å². The minimum Gasteiger partial charge on any atom is -0.480 e. The Hall–Kier alpha value is -1.75. The third-order valence-corrected chi connectivity index (χ3v) is 3.26. The van der Waals surface area contributed by atoms with Gasteiger partial charge in [-0.2, -0.15) is 0 Å². The van der Waals surface area contributed by atoms with E-state index >= 15 is 0 Å². The maximum Gasteiger partial charge on any atom is 0.325 e. The van der Waals surface area contributed by atoms with Gasteiger partial charge in [0.15, 0.2) is 0 Å². The average Bonchev–Trinajstić information content (AvgIpc) is 2.88. The summed E-state index contributed by atoms with van der Waals surface area (Å²) >= 11 is 5.89. The van der Waals surface area contributed by atoms with Crippen molar-refractivity contribution in [3.63, 3.8) is 0 Å². The molecule has 0 unspecified atom stereocenters. The highest BCUT2D eigenvalue weighted by atomic mass is 35.5. The molecule has 1 aromatic rings. The van der Waals surface area contributed by atoms with Crippen LogP contribution in [-0.4, -0.2) is 41.6 Å². The second-order valence-electron chi connectivity index (χ2n) is 4.44. The molecule has 1 heterocycles. The molecule has 1 aliphatic heterocycles.